The lowest BCUT2D eigenvalue weighted by molar-refractivity contribution is -0.137. The van der Waals surface area contributed by atoms with Crippen LogP contribution in [0.1, 0.15) is 57.8 Å². The fourth-order valence-corrected chi connectivity index (χ4v) is 4.16. The number of aliphatic imine (C=N–C) groups is 1. The van der Waals surface area contributed by atoms with Gasteiger partial charge in [-0.1, -0.05) is 25.3 Å². The van der Waals surface area contributed by atoms with Crippen molar-refractivity contribution in [3.8, 4) is 0 Å². The van der Waals surface area contributed by atoms with Gasteiger partial charge >= 0.3 is 5.97 Å². The predicted molar refractivity (Wildman–Crippen MR) is 109 cm³/mol. The number of carboxylic acid groups (broad SMARTS) is 1. The molecule has 7 heteroatoms. The SMILES string of the molecule is O=C(O)CCCCCC[C@@H]1C(CCC(O)C=Nc2cccc(F)c2)[C@H](O)C[C@@H]1O. The average molecular weight is 409 g/mol. The molecule has 0 radical (unpaired) electrons. The first-order valence-electron chi connectivity index (χ1n) is 10.4. The summed E-state index contributed by atoms with van der Waals surface area (Å²) >= 11 is 0. The van der Waals surface area contributed by atoms with Crippen LogP contribution in [0.5, 0.6) is 0 Å². The van der Waals surface area contributed by atoms with Crippen LogP contribution in [0.2, 0.25) is 0 Å². The molecule has 29 heavy (non-hydrogen) atoms. The van der Waals surface area contributed by atoms with Gasteiger partial charge in [0.2, 0.25) is 0 Å². The Morgan fingerprint density at radius 3 is 2.52 bits per heavy atom. The molecule has 162 valence electrons. The van der Waals surface area contributed by atoms with Crippen molar-refractivity contribution in [2.45, 2.75) is 76.1 Å². The molecule has 0 spiro atoms. The molecule has 0 bridgehead atoms. The Bertz CT molecular complexity index is 668. The Hall–Kier alpha value is -1.83. The lowest BCUT2D eigenvalue weighted by Crippen LogP contribution is -2.24. The summed E-state index contributed by atoms with van der Waals surface area (Å²) < 4.78 is 13.2. The minimum Gasteiger partial charge on any atom is -0.481 e. The van der Waals surface area contributed by atoms with Crippen molar-refractivity contribution in [1.29, 1.82) is 0 Å². The van der Waals surface area contributed by atoms with Gasteiger partial charge in [0.1, 0.15) is 5.82 Å². The smallest absolute Gasteiger partial charge is 0.303 e. The molecule has 1 aromatic rings. The van der Waals surface area contributed by atoms with Crippen LogP contribution < -0.4 is 0 Å². The first kappa shape index (κ1) is 23.4. The van der Waals surface area contributed by atoms with E-state index in [1.807, 2.05) is 0 Å². The van der Waals surface area contributed by atoms with E-state index in [4.69, 9.17) is 5.11 Å². The van der Waals surface area contributed by atoms with Crippen LogP contribution in [0, 0.1) is 17.7 Å². The lowest BCUT2D eigenvalue weighted by atomic mass is 9.85. The number of unbranched alkanes of at least 4 members (excludes halogenated alkanes) is 3. The highest BCUT2D eigenvalue weighted by Crippen LogP contribution is 2.39. The number of nitrogens with zero attached hydrogens (tertiary/aromatic N) is 1. The molecule has 2 rings (SSSR count). The van der Waals surface area contributed by atoms with Crippen molar-refractivity contribution in [2.24, 2.45) is 16.8 Å². The normalized spacial score (nSPS) is 25.5. The second kappa shape index (κ2) is 12.0. The Kier molecular flexibility index (Phi) is 9.70. The van der Waals surface area contributed by atoms with Crippen LogP contribution in [0.15, 0.2) is 29.3 Å². The monoisotopic (exact) mass is 409 g/mol. The number of aliphatic hydroxyl groups is 3. The largest absolute Gasteiger partial charge is 0.481 e. The van der Waals surface area contributed by atoms with E-state index in [0.29, 0.717) is 31.4 Å². The molecule has 1 saturated carbocycles. The number of hydrogen-bond donors (Lipinski definition) is 4. The highest BCUT2D eigenvalue weighted by Gasteiger charge is 2.40. The molecule has 0 saturated heterocycles. The first-order valence-corrected chi connectivity index (χ1v) is 10.4. The maximum Gasteiger partial charge on any atom is 0.303 e. The van der Waals surface area contributed by atoms with Gasteiger partial charge in [0, 0.05) is 12.6 Å². The van der Waals surface area contributed by atoms with E-state index < -0.39 is 24.3 Å². The number of hydrogen-bond acceptors (Lipinski definition) is 5. The average Bonchev–Trinajstić information content (AvgIpc) is 2.93. The van der Waals surface area contributed by atoms with Gasteiger partial charge in [-0.3, -0.25) is 9.79 Å². The molecule has 1 aromatic carbocycles. The van der Waals surface area contributed by atoms with Gasteiger partial charge in [-0.2, -0.15) is 0 Å². The third kappa shape index (κ3) is 8.20. The van der Waals surface area contributed by atoms with Gasteiger partial charge in [-0.25, -0.2) is 4.39 Å². The molecule has 0 aliphatic heterocycles. The van der Waals surface area contributed by atoms with E-state index in [1.54, 1.807) is 12.1 Å². The van der Waals surface area contributed by atoms with Gasteiger partial charge in [0.25, 0.3) is 0 Å². The molecule has 6 nitrogen and oxygen atoms in total. The topological polar surface area (TPSA) is 110 Å². The van der Waals surface area contributed by atoms with Crippen LogP contribution in [0.3, 0.4) is 0 Å². The minimum atomic E-state index is -0.806. The van der Waals surface area contributed by atoms with E-state index in [1.165, 1.54) is 18.3 Å². The van der Waals surface area contributed by atoms with Gasteiger partial charge in [-0.05, 0) is 62.1 Å². The lowest BCUT2D eigenvalue weighted by Gasteiger charge is -2.24. The van der Waals surface area contributed by atoms with Gasteiger partial charge < -0.3 is 20.4 Å². The zero-order valence-electron chi connectivity index (χ0n) is 16.7. The van der Waals surface area contributed by atoms with Gasteiger partial charge in [0.15, 0.2) is 0 Å². The second-order valence-corrected chi connectivity index (χ2v) is 7.95. The Morgan fingerprint density at radius 1 is 1.14 bits per heavy atom. The Morgan fingerprint density at radius 2 is 1.83 bits per heavy atom. The second-order valence-electron chi connectivity index (χ2n) is 7.95. The van der Waals surface area contributed by atoms with E-state index in [9.17, 15) is 24.5 Å². The summed E-state index contributed by atoms with van der Waals surface area (Å²) in [5.74, 6) is -1.26. The van der Waals surface area contributed by atoms with Crippen molar-refractivity contribution in [2.75, 3.05) is 0 Å². The minimum absolute atomic E-state index is 0.0168. The van der Waals surface area contributed by atoms with Gasteiger partial charge in [-0.15, -0.1) is 0 Å². The van der Waals surface area contributed by atoms with Crippen LogP contribution in [0.25, 0.3) is 0 Å². The number of aliphatic hydroxyl groups excluding tert-OH is 3. The third-order valence-corrected chi connectivity index (χ3v) is 5.70. The van der Waals surface area contributed by atoms with Crippen molar-refractivity contribution >= 4 is 17.9 Å². The predicted octanol–water partition coefficient (Wildman–Crippen LogP) is 3.45. The standard InChI is InChI=1S/C22H32FNO5/c23-15-6-5-7-16(12-15)24-14-17(25)10-11-19-18(20(26)13-21(19)27)8-3-1-2-4-9-22(28)29/h5-7,12,14,17-21,25-27H,1-4,8-11,13H2,(H,28,29)/t17?,18-,19?,20+,21-/m1/s1. The molecule has 5 atom stereocenters. The number of rotatable bonds is 12. The van der Waals surface area contributed by atoms with E-state index in [0.717, 1.165) is 25.7 Å². The molecule has 2 unspecified atom stereocenters. The number of halogens is 1. The number of carboxylic acids is 1. The van der Waals surface area contributed by atoms with Gasteiger partial charge in [0.05, 0.1) is 24.0 Å². The zero-order chi connectivity index (χ0) is 21.2. The molecule has 0 aromatic heterocycles. The van der Waals surface area contributed by atoms with Crippen LogP contribution in [-0.4, -0.2) is 50.9 Å². The number of aliphatic carboxylic acids is 1. The summed E-state index contributed by atoms with van der Waals surface area (Å²) in [5.41, 5.74) is 0.432. The maximum absolute atomic E-state index is 13.2. The highest BCUT2D eigenvalue weighted by atomic mass is 19.1. The van der Waals surface area contributed by atoms with E-state index in [2.05, 4.69) is 4.99 Å². The number of benzene rings is 1. The Labute approximate surface area is 171 Å². The molecule has 0 amide bonds. The zero-order valence-corrected chi connectivity index (χ0v) is 16.7. The van der Waals surface area contributed by atoms with Crippen molar-refractivity contribution in [3.63, 3.8) is 0 Å². The number of carbonyl (C=O) groups is 1. The van der Waals surface area contributed by atoms with E-state index >= 15 is 0 Å². The quantitative estimate of drug-likeness (QED) is 0.312. The van der Waals surface area contributed by atoms with Crippen molar-refractivity contribution in [3.05, 3.63) is 30.1 Å². The first-order chi connectivity index (χ1) is 13.9. The third-order valence-electron chi connectivity index (χ3n) is 5.70. The molecular weight excluding hydrogens is 377 g/mol. The summed E-state index contributed by atoms with van der Waals surface area (Å²) in [5, 5.41) is 39.4. The molecule has 0 heterocycles. The fourth-order valence-electron chi connectivity index (χ4n) is 4.16. The highest BCUT2D eigenvalue weighted by molar-refractivity contribution is 5.67. The molecular formula is C22H32FNO5. The molecule has 4 N–H and O–H groups in total. The summed E-state index contributed by atoms with van der Waals surface area (Å²) in [7, 11) is 0. The van der Waals surface area contributed by atoms with Crippen molar-refractivity contribution in [1.82, 2.24) is 0 Å². The molecule has 1 aliphatic carbocycles. The molecule has 1 aliphatic rings. The fraction of sp³-hybridized carbons (Fsp3) is 0.636. The maximum atomic E-state index is 13.2. The Balaban J connectivity index is 1.76. The van der Waals surface area contributed by atoms with Crippen LogP contribution >= 0.6 is 0 Å². The molecule has 1 fully saturated rings. The summed E-state index contributed by atoms with van der Waals surface area (Å²) in [4.78, 5) is 14.6. The van der Waals surface area contributed by atoms with Crippen LogP contribution in [-0.2, 0) is 4.79 Å². The van der Waals surface area contributed by atoms with E-state index in [-0.39, 0.29) is 24.1 Å². The van der Waals surface area contributed by atoms with Crippen molar-refractivity contribution < 1.29 is 29.6 Å². The summed E-state index contributed by atoms with van der Waals surface area (Å²) in [6, 6.07) is 5.81. The van der Waals surface area contributed by atoms with Crippen LogP contribution in [0.4, 0.5) is 10.1 Å². The summed E-state index contributed by atoms with van der Waals surface area (Å²) in [6.07, 6.45) is 5.01. The summed E-state index contributed by atoms with van der Waals surface area (Å²) in [6.45, 7) is 0.